The van der Waals surface area contributed by atoms with E-state index in [1.165, 1.54) is 0 Å². The summed E-state index contributed by atoms with van der Waals surface area (Å²) in [5.74, 6) is 0.0732. The van der Waals surface area contributed by atoms with Crippen molar-refractivity contribution in [2.24, 2.45) is 5.41 Å². The Morgan fingerprint density at radius 1 is 1.47 bits per heavy atom. The van der Waals surface area contributed by atoms with Crippen molar-refractivity contribution in [3.63, 3.8) is 0 Å². The molecule has 2 aliphatic rings. The summed E-state index contributed by atoms with van der Waals surface area (Å²) >= 11 is 0. The largest absolute Gasteiger partial charge is 0.353 e. The summed E-state index contributed by atoms with van der Waals surface area (Å²) in [4.78, 5) is 25.8. The summed E-state index contributed by atoms with van der Waals surface area (Å²) < 4.78 is 0. The van der Waals surface area contributed by atoms with Crippen molar-refractivity contribution in [1.82, 2.24) is 15.5 Å². The van der Waals surface area contributed by atoms with Gasteiger partial charge in [0.15, 0.2) is 0 Å². The van der Waals surface area contributed by atoms with Crippen LogP contribution in [0.25, 0.3) is 0 Å². The number of nitrogens with zero attached hydrogens (tertiary/aromatic N) is 1. The molecule has 0 spiro atoms. The fraction of sp³-hybridized carbons (Fsp3) is 0.833. The zero-order chi connectivity index (χ0) is 12.5. The van der Waals surface area contributed by atoms with Crippen LogP contribution in [0, 0.1) is 5.41 Å². The number of hydrogen-bond acceptors (Lipinski definition) is 3. The van der Waals surface area contributed by atoms with Crippen molar-refractivity contribution in [2.75, 3.05) is 26.2 Å². The van der Waals surface area contributed by atoms with Gasteiger partial charge in [-0.05, 0) is 33.2 Å². The van der Waals surface area contributed by atoms with E-state index in [1.807, 2.05) is 6.92 Å². The highest BCUT2D eigenvalue weighted by atomic mass is 16.2. The lowest BCUT2D eigenvalue weighted by Crippen LogP contribution is -2.60. The smallest absolute Gasteiger partial charge is 0.242 e. The average Bonchev–Trinajstić information content (AvgIpc) is 2.33. The van der Waals surface area contributed by atoms with Gasteiger partial charge in [0.2, 0.25) is 11.8 Å². The molecule has 2 atom stereocenters. The molecule has 2 amide bonds. The van der Waals surface area contributed by atoms with Crippen LogP contribution in [0.2, 0.25) is 0 Å². The van der Waals surface area contributed by atoms with Crippen LogP contribution >= 0.6 is 0 Å². The molecule has 2 N–H and O–H groups in total. The van der Waals surface area contributed by atoms with Gasteiger partial charge in [-0.2, -0.15) is 0 Å². The van der Waals surface area contributed by atoms with Crippen molar-refractivity contribution < 1.29 is 9.59 Å². The van der Waals surface area contributed by atoms with E-state index in [0.717, 1.165) is 25.9 Å². The summed E-state index contributed by atoms with van der Waals surface area (Å²) in [7, 11) is 0. The van der Waals surface area contributed by atoms with Gasteiger partial charge in [0, 0.05) is 19.6 Å². The van der Waals surface area contributed by atoms with E-state index in [2.05, 4.69) is 10.6 Å². The Morgan fingerprint density at radius 2 is 2.24 bits per heavy atom. The molecule has 5 nitrogen and oxygen atoms in total. The topological polar surface area (TPSA) is 61.4 Å². The maximum Gasteiger partial charge on any atom is 0.242 e. The molecule has 96 valence electrons. The van der Waals surface area contributed by atoms with E-state index >= 15 is 0 Å². The van der Waals surface area contributed by atoms with Gasteiger partial charge in [0.1, 0.15) is 6.04 Å². The standard InChI is InChI=1S/C12H21N3O2/c1-9-10(16)14-6-7-15(9)11(17)12(2)4-3-5-13-8-12/h9,13H,3-8H2,1-2H3,(H,14,16). The van der Waals surface area contributed by atoms with E-state index in [1.54, 1.807) is 11.8 Å². The minimum absolute atomic E-state index is 0.0445. The molecule has 5 heteroatoms. The summed E-state index contributed by atoms with van der Waals surface area (Å²) in [6.45, 7) is 6.70. The van der Waals surface area contributed by atoms with E-state index in [4.69, 9.17) is 0 Å². The van der Waals surface area contributed by atoms with Crippen LogP contribution in [-0.4, -0.2) is 48.9 Å². The quantitative estimate of drug-likeness (QED) is 0.662. The van der Waals surface area contributed by atoms with Gasteiger partial charge in [-0.1, -0.05) is 0 Å². The summed E-state index contributed by atoms with van der Waals surface area (Å²) in [6, 6.07) is -0.338. The number of hydrogen-bond donors (Lipinski definition) is 2. The van der Waals surface area contributed by atoms with Crippen LogP contribution in [0.15, 0.2) is 0 Å². The third-order valence-corrected chi connectivity index (χ3v) is 3.87. The highest BCUT2D eigenvalue weighted by Gasteiger charge is 2.41. The van der Waals surface area contributed by atoms with Crippen LogP contribution in [0.5, 0.6) is 0 Å². The number of piperidine rings is 1. The fourth-order valence-corrected chi connectivity index (χ4v) is 2.65. The monoisotopic (exact) mass is 239 g/mol. The van der Waals surface area contributed by atoms with Crippen molar-refractivity contribution in [3.05, 3.63) is 0 Å². The molecule has 2 heterocycles. The molecule has 2 rings (SSSR count). The minimum atomic E-state index is -0.343. The second kappa shape index (κ2) is 4.64. The first-order valence-corrected chi connectivity index (χ1v) is 6.34. The number of piperazine rings is 1. The highest BCUT2D eigenvalue weighted by Crippen LogP contribution is 2.29. The maximum absolute atomic E-state index is 12.5. The van der Waals surface area contributed by atoms with Gasteiger partial charge in [0.25, 0.3) is 0 Å². The number of carbonyl (C=O) groups is 2. The van der Waals surface area contributed by atoms with E-state index in [9.17, 15) is 9.59 Å². The zero-order valence-electron chi connectivity index (χ0n) is 10.6. The first kappa shape index (κ1) is 12.4. The maximum atomic E-state index is 12.5. The Bertz CT molecular complexity index is 324. The van der Waals surface area contributed by atoms with E-state index in [-0.39, 0.29) is 23.3 Å². The molecule has 0 bridgehead atoms. The van der Waals surface area contributed by atoms with Gasteiger partial charge in [-0.25, -0.2) is 0 Å². The highest BCUT2D eigenvalue weighted by molar-refractivity contribution is 5.91. The lowest BCUT2D eigenvalue weighted by Gasteiger charge is -2.41. The van der Waals surface area contributed by atoms with E-state index in [0.29, 0.717) is 13.1 Å². The van der Waals surface area contributed by atoms with Crippen molar-refractivity contribution >= 4 is 11.8 Å². The van der Waals surface area contributed by atoms with Crippen LogP contribution in [0.4, 0.5) is 0 Å². The predicted octanol–water partition coefficient (Wildman–Crippen LogP) is -0.277. The molecule has 2 saturated heterocycles. The van der Waals surface area contributed by atoms with Gasteiger partial charge in [0.05, 0.1) is 5.41 Å². The van der Waals surface area contributed by atoms with Crippen LogP contribution in [-0.2, 0) is 9.59 Å². The normalized spacial score (nSPS) is 34.4. The van der Waals surface area contributed by atoms with Gasteiger partial charge >= 0.3 is 0 Å². The Morgan fingerprint density at radius 3 is 2.88 bits per heavy atom. The molecule has 0 aromatic carbocycles. The second-order valence-electron chi connectivity index (χ2n) is 5.31. The molecule has 2 fully saturated rings. The van der Waals surface area contributed by atoms with E-state index < -0.39 is 0 Å². The third kappa shape index (κ3) is 2.29. The first-order valence-electron chi connectivity index (χ1n) is 6.34. The fourth-order valence-electron chi connectivity index (χ4n) is 2.65. The SMILES string of the molecule is CC1C(=O)NCCN1C(=O)C1(C)CCCNC1. The Hall–Kier alpha value is -1.10. The molecule has 2 unspecified atom stereocenters. The number of carbonyl (C=O) groups excluding carboxylic acids is 2. The number of rotatable bonds is 1. The van der Waals surface area contributed by atoms with Crippen molar-refractivity contribution in [3.8, 4) is 0 Å². The molecule has 0 saturated carbocycles. The molecule has 2 aliphatic heterocycles. The van der Waals surface area contributed by atoms with Gasteiger partial charge < -0.3 is 15.5 Å². The first-order chi connectivity index (χ1) is 8.04. The van der Waals surface area contributed by atoms with Crippen LogP contribution in [0.1, 0.15) is 26.7 Å². The molecule has 0 aromatic rings. The third-order valence-electron chi connectivity index (χ3n) is 3.87. The molecule has 0 aromatic heterocycles. The molecule has 0 aliphatic carbocycles. The molecular weight excluding hydrogens is 218 g/mol. The second-order valence-corrected chi connectivity index (χ2v) is 5.31. The van der Waals surface area contributed by atoms with Crippen LogP contribution < -0.4 is 10.6 Å². The summed E-state index contributed by atoms with van der Waals surface area (Å²) in [6.07, 6.45) is 1.93. The Labute approximate surface area is 102 Å². The van der Waals surface area contributed by atoms with Gasteiger partial charge in [-0.15, -0.1) is 0 Å². The predicted molar refractivity (Wildman–Crippen MR) is 64.4 cm³/mol. The number of nitrogens with one attached hydrogen (secondary N) is 2. The van der Waals surface area contributed by atoms with Crippen LogP contribution in [0.3, 0.4) is 0 Å². The number of amides is 2. The van der Waals surface area contributed by atoms with Crippen molar-refractivity contribution in [2.45, 2.75) is 32.7 Å². The lowest BCUT2D eigenvalue weighted by molar-refractivity contribution is -0.150. The summed E-state index contributed by atoms with van der Waals surface area (Å²) in [5.41, 5.74) is -0.343. The van der Waals surface area contributed by atoms with Crippen molar-refractivity contribution in [1.29, 1.82) is 0 Å². The molecule has 0 radical (unpaired) electrons. The average molecular weight is 239 g/mol. The Balaban J connectivity index is 2.10. The molecule has 17 heavy (non-hydrogen) atoms. The summed E-state index contributed by atoms with van der Waals surface area (Å²) in [5, 5.41) is 6.06. The zero-order valence-corrected chi connectivity index (χ0v) is 10.6. The van der Waals surface area contributed by atoms with Gasteiger partial charge in [-0.3, -0.25) is 9.59 Å². The Kier molecular flexibility index (Phi) is 3.38. The molecular formula is C12H21N3O2. The lowest BCUT2D eigenvalue weighted by atomic mass is 9.81. The minimum Gasteiger partial charge on any atom is -0.353 e.